The van der Waals surface area contributed by atoms with Gasteiger partial charge in [-0.1, -0.05) is 6.07 Å². The second kappa shape index (κ2) is 8.00. The zero-order valence-electron chi connectivity index (χ0n) is 10.2. The lowest BCUT2D eigenvalue weighted by atomic mass is 10.4. The van der Waals surface area contributed by atoms with Crippen LogP contribution >= 0.6 is 0 Å². The molecule has 0 radical (unpaired) electrons. The molecule has 0 unspecified atom stereocenters. The highest BCUT2D eigenvalue weighted by Crippen LogP contribution is 1.91. The summed E-state index contributed by atoms with van der Waals surface area (Å²) in [5.41, 5.74) is 0.00295. The number of hydrogen-bond donors (Lipinski definition) is 1. The zero-order chi connectivity index (χ0) is 12.5. The van der Waals surface area contributed by atoms with Crippen LogP contribution in [0.15, 0.2) is 29.2 Å². The third kappa shape index (κ3) is 5.12. The molecule has 1 aromatic heterocycles. The smallest absolute Gasteiger partial charge is 0.250 e. The molecule has 1 heterocycles. The van der Waals surface area contributed by atoms with Crippen molar-refractivity contribution in [3.63, 3.8) is 0 Å². The van der Waals surface area contributed by atoms with Crippen LogP contribution < -0.4 is 5.56 Å². The molecule has 1 aromatic rings. The Kier molecular flexibility index (Phi) is 6.54. The average Bonchev–Trinajstić information content (AvgIpc) is 2.34. The van der Waals surface area contributed by atoms with Gasteiger partial charge in [-0.2, -0.15) is 0 Å². The number of methoxy groups -OCH3 is 1. The Morgan fingerprint density at radius 2 is 2.18 bits per heavy atom. The standard InChI is InChI=1S/C12H20N2O3/c1-17-11-9-13(8-10-15)6-7-14-5-3-2-4-12(14)16/h2-5,15H,6-11H2,1H3. The number of aliphatic hydroxyl groups excluding tert-OH is 1. The predicted octanol–water partition coefficient (Wildman–Crippen LogP) is -0.211. The number of hydrogen-bond acceptors (Lipinski definition) is 4. The lowest BCUT2D eigenvalue weighted by Crippen LogP contribution is -2.34. The molecule has 96 valence electrons. The van der Waals surface area contributed by atoms with Crippen molar-refractivity contribution in [2.45, 2.75) is 6.54 Å². The van der Waals surface area contributed by atoms with Crippen molar-refractivity contribution in [2.75, 3.05) is 40.0 Å². The Morgan fingerprint density at radius 1 is 1.35 bits per heavy atom. The number of rotatable bonds is 8. The van der Waals surface area contributed by atoms with Crippen LogP contribution in [0.3, 0.4) is 0 Å². The van der Waals surface area contributed by atoms with Gasteiger partial charge in [0.1, 0.15) is 0 Å². The maximum Gasteiger partial charge on any atom is 0.250 e. The lowest BCUT2D eigenvalue weighted by molar-refractivity contribution is 0.128. The van der Waals surface area contributed by atoms with Gasteiger partial charge >= 0.3 is 0 Å². The Hall–Kier alpha value is -1.17. The van der Waals surface area contributed by atoms with E-state index in [1.165, 1.54) is 0 Å². The monoisotopic (exact) mass is 240 g/mol. The Bertz CT molecular complexity index is 365. The van der Waals surface area contributed by atoms with Crippen LogP contribution in [0.1, 0.15) is 0 Å². The van der Waals surface area contributed by atoms with Crippen molar-refractivity contribution < 1.29 is 9.84 Å². The Balaban J connectivity index is 2.45. The largest absolute Gasteiger partial charge is 0.395 e. The summed E-state index contributed by atoms with van der Waals surface area (Å²) in [7, 11) is 1.65. The normalized spacial score (nSPS) is 11.0. The Morgan fingerprint density at radius 3 is 2.82 bits per heavy atom. The van der Waals surface area contributed by atoms with E-state index >= 15 is 0 Å². The summed E-state index contributed by atoms with van der Waals surface area (Å²) in [4.78, 5) is 13.5. The number of aliphatic hydroxyl groups is 1. The number of aromatic nitrogens is 1. The quantitative estimate of drug-likeness (QED) is 0.683. The maximum absolute atomic E-state index is 11.5. The number of ether oxygens (including phenoxy) is 1. The average molecular weight is 240 g/mol. The van der Waals surface area contributed by atoms with Crippen molar-refractivity contribution in [1.82, 2.24) is 9.47 Å². The lowest BCUT2D eigenvalue weighted by Gasteiger charge is -2.21. The molecular weight excluding hydrogens is 220 g/mol. The van der Waals surface area contributed by atoms with E-state index in [1.54, 1.807) is 30.0 Å². The first kappa shape index (κ1) is 13.9. The highest BCUT2D eigenvalue weighted by Gasteiger charge is 2.04. The van der Waals surface area contributed by atoms with Crippen LogP contribution in [0.5, 0.6) is 0 Å². The second-order valence-electron chi connectivity index (χ2n) is 3.79. The zero-order valence-corrected chi connectivity index (χ0v) is 10.2. The van der Waals surface area contributed by atoms with E-state index in [4.69, 9.17) is 9.84 Å². The predicted molar refractivity (Wildman–Crippen MR) is 66.1 cm³/mol. The summed E-state index contributed by atoms with van der Waals surface area (Å²) in [6, 6.07) is 5.12. The number of pyridine rings is 1. The van der Waals surface area contributed by atoms with Crippen LogP contribution in [-0.2, 0) is 11.3 Å². The molecule has 0 saturated carbocycles. The fraction of sp³-hybridized carbons (Fsp3) is 0.583. The third-order valence-corrected chi connectivity index (χ3v) is 2.58. The third-order valence-electron chi connectivity index (χ3n) is 2.58. The van der Waals surface area contributed by atoms with Crippen LogP contribution in [-0.4, -0.2) is 54.5 Å². The molecule has 0 aromatic carbocycles. The molecule has 1 rings (SSSR count). The molecule has 0 saturated heterocycles. The van der Waals surface area contributed by atoms with Gasteiger partial charge in [0, 0.05) is 45.6 Å². The van der Waals surface area contributed by atoms with E-state index in [-0.39, 0.29) is 12.2 Å². The van der Waals surface area contributed by atoms with Gasteiger partial charge < -0.3 is 14.4 Å². The van der Waals surface area contributed by atoms with Crippen LogP contribution in [0.4, 0.5) is 0 Å². The second-order valence-corrected chi connectivity index (χ2v) is 3.79. The van der Waals surface area contributed by atoms with Crippen LogP contribution in [0, 0.1) is 0 Å². The van der Waals surface area contributed by atoms with Crippen molar-refractivity contribution in [3.05, 3.63) is 34.7 Å². The molecule has 0 spiro atoms. The summed E-state index contributed by atoms with van der Waals surface area (Å²) in [5.74, 6) is 0. The van der Waals surface area contributed by atoms with E-state index < -0.39 is 0 Å². The fourth-order valence-electron chi connectivity index (χ4n) is 1.59. The summed E-state index contributed by atoms with van der Waals surface area (Å²) in [6.07, 6.45) is 1.77. The van der Waals surface area contributed by atoms with Gasteiger partial charge in [0.05, 0.1) is 13.2 Å². The van der Waals surface area contributed by atoms with Crippen molar-refractivity contribution >= 4 is 0 Å². The molecule has 5 nitrogen and oxygen atoms in total. The number of nitrogens with zero attached hydrogens (tertiary/aromatic N) is 2. The van der Waals surface area contributed by atoms with E-state index in [2.05, 4.69) is 4.90 Å². The molecule has 0 fully saturated rings. The maximum atomic E-state index is 11.5. The van der Waals surface area contributed by atoms with Crippen LogP contribution in [0.25, 0.3) is 0 Å². The first-order chi connectivity index (χ1) is 8.27. The van der Waals surface area contributed by atoms with Gasteiger partial charge in [0.25, 0.3) is 5.56 Å². The van der Waals surface area contributed by atoms with E-state index in [9.17, 15) is 4.79 Å². The molecule has 0 aliphatic rings. The summed E-state index contributed by atoms with van der Waals surface area (Å²) in [6.45, 7) is 3.47. The minimum atomic E-state index is 0.00295. The van der Waals surface area contributed by atoms with E-state index in [0.717, 1.165) is 13.1 Å². The van der Waals surface area contributed by atoms with Crippen molar-refractivity contribution in [3.8, 4) is 0 Å². The molecule has 5 heteroatoms. The molecule has 0 bridgehead atoms. The molecule has 0 atom stereocenters. The van der Waals surface area contributed by atoms with E-state index in [0.29, 0.717) is 19.7 Å². The van der Waals surface area contributed by atoms with Gasteiger partial charge in [-0.3, -0.25) is 9.69 Å². The Labute approximate surface area is 101 Å². The van der Waals surface area contributed by atoms with Gasteiger partial charge in [-0.25, -0.2) is 0 Å². The first-order valence-electron chi connectivity index (χ1n) is 5.75. The minimum absolute atomic E-state index is 0.00295. The summed E-state index contributed by atoms with van der Waals surface area (Å²) >= 11 is 0. The van der Waals surface area contributed by atoms with Gasteiger partial charge in [0.2, 0.25) is 0 Å². The molecule has 17 heavy (non-hydrogen) atoms. The molecule has 0 amide bonds. The highest BCUT2D eigenvalue weighted by molar-refractivity contribution is 4.93. The molecule has 0 aliphatic heterocycles. The topological polar surface area (TPSA) is 54.7 Å². The van der Waals surface area contributed by atoms with Crippen molar-refractivity contribution in [1.29, 1.82) is 0 Å². The van der Waals surface area contributed by atoms with Gasteiger partial charge in [0.15, 0.2) is 0 Å². The van der Waals surface area contributed by atoms with Gasteiger partial charge in [-0.05, 0) is 6.07 Å². The summed E-state index contributed by atoms with van der Waals surface area (Å²) < 4.78 is 6.67. The minimum Gasteiger partial charge on any atom is -0.395 e. The summed E-state index contributed by atoms with van der Waals surface area (Å²) in [5, 5.41) is 8.94. The fourth-order valence-corrected chi connectivity index (χ4v) is 1.59. The molecule has 1 N–H and O–H groups in total. The van der Waals surface area contributed by atoms with Gasteiger partial charge in [-0.15, -0.1) is 0 Å². The van der Waals surface area contributed by atoms with Crippen LogP contribution in [0.2, 0.25) is 0 Å². The first-order valence-corrected chi connectivity index (χ1v) is 5.75. The molecule has 0 aliphatic carbocycles. The molecular formula is C12H20N2O3. The highest BCUT2D eigenvalue weighted by atomic mass is 16.5. The SMILES string of the molecule is COCCN(CCO)CCn1ccccc1=O. The van der Waals surface area contributed by atoms with Crippen molar-refractivity contribution in [2.24, 2.45) is 0 Å². The van der Waals surface area contributed by atoms with E-state index in [1.807, 2.05) is 6.07 Å².